The van der Waals surface area contributed by atoms with E-state index in [9.17, 15) is 14.7 Å². The van der Waals surface area contributed by atoms with Crippen LogP contribution >= 0.6 is 0 Å². The summed E-state index contributed by atoms with van der Waals surface area (Å²) >= 11 is 0. The van der Waals surface area contributed by atoms with Gasteiger partial charge in [0.05, 0.1) is 0 Å². The number of nitrogens with one attached hydrogen (secondary N) is 1. The zero-order valence-corrected chi connectivity index (χ0v) is 10.8. The molecule has 0 aromatic heterocycles. The third-order valence-electron chi connectivity index (χ3n) is 3.62. The van der Waals surface area contributed by atoms with E-state index >= 15 is 0 Å². The normalized spacial score (nSPS) is 17.1. The Bertz CT molecular complexity index is 438. The third-order valence-corrected chi connectivity index (χ3v) is 3.62. The summed E-state index contributed by atoms with van der Waals surface area (Å²) in [5, 5.41) is 11.9. The molecule has 1 aliphatic rings. The standard InChI is InChI=1S/C15H19NO3/c17-14(12-8-4-5-9-12)16-13(15(18)19)10-11-6-2-1-3-7-11/h1-3,6-7,12-13H,4-5,8-10H2,(H,16,17)(H,18,19)/t13-/m1/s1. The molecule has 1 aromatic rings. The highest BCUT2D eigenvalue weighted by molar-refractivity contribution is 5.85. The number of rotatable bonds is 5. The van der Waals surface area contributed by atoms with Gasteiger partial charge in [-0.3, -0.25) is 4.79 Å². The van der Waals surface area contributed by atoms with Gasteiger partial charge in [-0.2, -0.15) is 0 Å². The van der Waals surface area contributed by atoms with Crippen LogP contribution in [0.5, 0.6) is 0 Å². The van der Waals surface area contributed by atoms with Crippen molar-refractivity contribution in [2.24, 2.45) is 5.92 Å². The molecule has 0 unspecified atom stereocenters. The summed E-state index contributed by atoms with van der Waals surface area (Å²) in [6.45, 7) is 0. The summed E-state index contributed by atoms with van der Waals surface area (Å²) < 4.78 is 0. The van der Waals surface area contributed by atoms with Gasteiger partial charge in [0.1, 0.15) is 6.04 Å². The van der Waals surface area contributed by atoms with E-state index in [1.54, 1.807) is 0 Å². The average Bonchev–Trinajstić information content (AvgIpc) is 2.93. The third kappa shape index (κ3) is 3.81. The maximum Gasteiger partial charge on any atom is 0.326 e. The molecule has 19 heavy (non-hydrogen) atoms. The summed E-state index contributed by atoms with van der Waals surface area (Å²) in [7, 11) is 0. The minimum absolute atomic E-state index is 0.00220. The maximum atomic E-state index is 12.0. The van der Waals surface area contributed by atoms with E-state index in [-0.39, 0.29) is 11.8 Å². The number of carboxylic acid groups (broad SMARTS) is 1. The summed E-state index contributed by atoms with van der Waals surface area (Å²) in [5.41, 5.74) is 0.918. The van der Waals surface area contributed by atoms with Crippen LogP contribution in [-0.4, -0.2) is 23.0 Å². The van der Waals surface area contributed by atoms with Gasteiger partial charge in [0.2, 0.25) is 5.91 Å². The number of amides is 1. The van der Waals surface area contributed by atoms with Crippen molar-refractivity contribution < 1.29 is 14.7 Å². The fourth-order valence-electron chi connectivity index (χ4n) is 2.53. The molecule has 1 aliphatic carbocycles. The van der Waals surface area contributed by atoms with Crippen LogP contribution in [0.2, 0.25) is 0 Å². The molecule has 0 spiro atoms. The van der Waals surface area contributed by atoms with Crippen LogP contribution in [0, 0.1) is 5.92 Å². The number of hydrogen-bond acceptors (Lipinski definition) is 2. The first-order chi connectivity index (χ1) is 9.16. The molecule has 0 radical (unpaired) electrons. The Hall–Kier alpha value is -1.84. The fraction of sp³-hybridized carbons (Fsp3) is 0.467. The van der Waals surface area contributed by atoms with Gasteiger partial charge in [0, 0.05) is 12.3 Å². The smallest absolute Gasteiger partial charge is 0.326 e. The molecule has 2 rings (SSSR count). The van der Waals surface area contributed by atoms with E-state index in [4.69, 9.17) is 0 Å². The molecule has 1 aromatic carbocycles. The van der Waals surface area contributed by atoms with Gasteiger partial charge in [0.25, 0.3) is 0 Å². The van der Waals surface area contributed by atoms with Crippen LogP contribution in [0.4, 0.5) is 0 Å². The Morgan fingerprint density at radius 3 is 2.42 bits per heavy atom. The van der Waals surface area contributed by atoms with Gasteiger partial charge in [-0.1, -0.05) is 43.2 Å². The van der Waals surface area contributed by atoms with Crippen molar-refractivity contribution in [2.45, 2.75) is 38.1 Å². The van der Waals surface area contributed by atoms with Gasteiger partial charge in [-0.15, -0.1) is 0 Å². The van der Waals surface area contributed by atoms with Gasteiger partial charge >= 0.3 is 5.97 Å². The van der Waals surface area contributed by atoms with E-state index in [2.05, 4.69) is 5.32 Å². The number of hydrogen-bond donors (Lipinski definition) is 2. The van der Waals surface area contributed by atoms with Crippen LogP contribution in [-0.2, 0) is 16.0 Å². The largest absolute Gasteiger partial charge is 0.480 e. The van der Waals surface area contributed by atoms with Crippen molar-refractivity contribution >= 4 is 11.9 Å². The van der Waals surface area contributed by atoms with E-state index in [0.717, 1.165) is 31.2 Å². The first-order valence-electron chi connectivity index (χ1n) is 6.74. The van der Waals surface area contributed by atoms with Crippen LogP contribution in [0.3, 0.4) is 0 Å². The molecule has 0 aliphatic heterocycles. The summed E-state index contributed by atoms with van der Waals surface area (Å²) in [6, 6.07) is 8.53. The summed E-state index contributed by atoms with van der Waals surface area (Å²) in [5.74, 6) is -1.09. The monoisotopic (exact) mass is 261 g/mol. The molecular formula is C15H19NO3. The highest BCUT2D eigenvalue weighted by Crippen LogP contribution is 2.24. The molecule has 0 heterocycles. The predicted molar refractivity (Wildman–Crippen MR) is 71.7 cm³/mol. The highest BCUT2D eigenvalue weighted by Gasteiger charge is 2.27. The van der Waals surface area contributed by atoms with Crippen LogP contribution < -0.4 is 5.32 Å². The Balaban J connectivity index is 1.96. The van der Waals surface area contributed by atoms with E-state index in [1.807, 2.05) is 30.3 Å². The quantitative estimate of drug-likeness (QED) is 0.851. The minimum Gasteiger partial charge on any atom is -0.480 e. The van der Waals surface area contributed by atoms with Crippen molar-refractivity contribution in [3.05, 3.63) is 35.9 Å². The molecule has 0 bridgehead atoms. The Morgan fingerprint density at radius 2 is 1.84 bits per heavy atom. The van der Waals surface area contributed by atoms with Crippen LogP contribution in [0.1, 0.15) is 31.2 Å². The number of carbonyl (C=O) groups is 2. The topological polar surface area (TPSA) is 66.4 Å². The van der Waals surface area contributed by atoms with Crippen LogP contribution in [0.15, 0.2) is 30.3 Å². The first-order valence-corrected chi connectivity index (χ1v) is 6.74. The Morgan fingerprint density at radius 1 is 1.21 bits per heavy atom. The number of benzene rings is 1. The molecule has 102 valence electrons. The zero-order chi connectivity index (χ0) is 13.7. The minimum atomic E-state index is -0.977. The number of carboxylic acids is 1. The van der Waals surface area contributed by atoms with E-state index < -0.39 is 12.0 Å². The molecule has 2 N–H and O–H groups in total. The summed E-state index contributed by atoms with van der Waals surface area (Å²) in [6.07, 6.45) is 4.21. The van der Waals surface area contributed by atoms with Crippen molar-refractivity contribution in [2.75, 3.05) is 0 Å². The lowest BCUT2D eigenvalue weighted by molar-refractivity contribution is -0.142. The molecule has 1 amide bonds. The van der Waals surface area contributed by atoms with Crippen molar-refractivity contribution in [3.8, 4) is 0 Å². The second kappa shape index (κ2) is 6.36. The van der Waals surface area contributed by atoms with E-state index in [0.29, 0.717) is 6.42 Å². The van der Waals surface area contributed by atoms with Gasteiger partial charge in [-0.25, -0.2) is 4.79 Å². The van der Waals surface area contributed by atoms with Gasteiger partial charge < -0.3 is 10.4 Å². The van der Waals surface area contributed by atoms with E-state index in [1.165, 1.54) is 0 Å². The zero-order valence-electron chi connectivity index (χ0n) is 10.8. The molecule has 0 saturated heterocycles. The average molecular weight is 261 g/mol. The molecule has 1 atom stereocenters. The second-order valence-corrected chi connectivity index (χ2v) is 5.07. The Kier molecular flexibility index (Phi) is 4.55. The SMILES string of the molecule is O=C(N[C@H](Cc1ccccc1)C(=O)O)C1CCCC1. The fourth-order valence-corrected chi connectivity index (χ4v) is 2.53. The van der Waals surface area contributed by atoms with Gasteiger partial charge in [-0.05, 0) is 18.4 Å². The first kappa shape index (κ1) is 13.6. The summed E-state index contributed by atoms with van der Waals surface area (Å²) in [4.78, 5) is 23.2. The van der Waals surface area contributed by atoms with Gasteiger partial charge in [0.15, 0.2) is 0 Å². The molecule has 1 fully saturated rings. The van der Waals surface area contributed by atoms with Crippen LogP contribution in [0.25, 0.3) is 0 Å². The lowest BCUT2D eigenvalue weighted by Crippen LogP contribution is -2.44. The molecule has 1 saturated carbocycles. The second-order valence-electron chi connectivity index (χ2n) is 5.07. The molecular weight excluding hydrogens is 242 g/mol. The molecule has 4 nitrogen and oxygen atoms in total. The maximum absolute atomic E-state index is 12.0. The lowest BCUT2D eigenvalue weighted by Gasteiger charge is -2.17. The molecule has 4 heteroatoms. The number of carbonyl (C=O) groups excluding carboxylic acids is 1. The predicted octanol–water partition coefficient (Wildman–Crippen LogP) is 1.99. The Labute approximate surface area is 112 Å². The van der Waals surface area contributed by atoms with Crippen molar-refractivity contribution in [1.29, 1.82) is 0 Å². The lowest BCUT2D eigenvalue weighted by atomic mass is 10.0. The van der Waals surface area contributed by atoms with Crippen molar-refractivity contribution in [1.82, 2.24) is 5.32 Å². The highest BCUT2D eigenvalue weighted by atomic mass is 16.4. The van der Waals surface area contributed by atoms with Crippen molar-refractivity contribution in [3.63, 3.8) is 0 Å². The number of aliphatic carboxylic acids is 1.